The van der Waals surface area contributed by atoms with Gasteiger partial charge in [-0.2, -0.15) is 0 Å². The fraction of sp³-hybridized carbons (Fsp3) is 0.417. The first-order chi connectivity index (χ1) is 14.5. The Bertz CT molecular complexity index is 858. The first-order valence-electron chi connectivity index (χ1n) is 10.7. The zero-order chi connectivity index (χ0) is 21.5. The van der Waals surface area contributed by atoms with E-state index in [-0.39, 0.29) is 17.7 Å². The molecule has 3 rings (SSSR count). The molecule has 0 unspecified atom stereocenters. The largest absolute Gasteiger partial charge is 0.508 e. The average Bonchev–Trinajstić information content (AvgIpc) is 2.75. The van der Waals surface area contributed by atoms with Crippen molar-refractivity contribution >= 4 is 17.6 Å². The molecule has 0 saturated carbocycles. The number of nitrogens with zero attached hydrogens (tertiary/aromatic N) is 2. The predicted molar refractivity (Wildman–Crippen MR) is 119 cm³/mol. The van der Waals surface area contributed by atoms with Crippen LogP contribution in [0.4, 0.5) is 10.5 Å². The van der Waals surface area contributed by atoms with E-state index in [9.17, 15) is 14.7 Å². The van der Waals surface area contributed by atoms with Gasteiger partial charge in [-0.3, -0.25) is 4.79 Å². The highest BCUT2D eigenvalue weighted by molar-refractivity contribution is 5.95. The minimum atomic E-state index is -0.232. The van der Waals surface area contributed by atoms with Crippen LogP contribution in [0.3, 0.4) is 0 Å². The van der Waals surface area contributed by atoms with Crippen molar-refractivity contribution in [1.82, 2.24) is 9.80 Å². The standard InChI is InChI=1S/C24H31N3O3/c1-3-14-27(17-20-6-4-5-7-22(20)28)24(30)25-21-10-8-19(9-11-21)23(29)26-15-12-18(2)13-16-26/h4-11,18,28H,3,12-17H2,1-2H3,(H,25,30). The molecule has 0 aromatic heterocycles. The number of piperidine rings is 1. The van der Waals surface area contributed by atoms with Crippen molar-refractivity contribution in [3.05, 3.63) is 59.7 Å². The summed E-state index contributed by atoms with van der Waals surface area (Å²) in [6.45, 7) is 6.74. The molecule has 0 bridgehead atoms. The molecule has 0 spiro atoms. The Labute approximate surface area is 178 Å². The van der Waals surface area contributed by atoms with Gasteiger partial charge in [-0.1, -0.05) is 32.0 Å². The summed E-state index contributed by atoms with van der Waals surface area (Å²) in [6.07, 6.45) is 2.90. The van der Waals surface area contributed by atoms with Gasteiger partial charge in [-0.05, 0) is 55.5 Å². The van der Waals surface area contributed by atoms with E-state index in [1.165, 1.54) is 0 Å². The van der Waals surface area contributed by atoms with Gasteiger partial charge in [-0.25, -0.2) is 4.79 Å². The molecule has 6 heteroatoms. The Hall–Kier alpha value is -3.02. The van der Waals surface area contributed by atoms with Crippen molar-refractivity contribution in [2.75, 3.05) is 25.0 Å². The number of carbonyl (C=O) groups is 2. The first kappa shape index (κ1) is 21.7. The molecular formula is C24H31N3O3. The number of urea groups is 1. The fourth-order valence-electron chi connectivity index (χ4n) is 3.67. The maximum atomic E-state index is 12.8. The maximum absolute atomic E-state index is 12.8. The van der Waals surface area contributed by atoms with Gasteiger partial charge in [0.2, 0.25) is 0 Å². The number of rotatable bonds is 6. The highest BCUT2D eigenvalue weighted by atomic mass is 16.3. The molecule has 6 nitrogen and oxygen atoms in total. The maximum Gasteiger partial charge on any atom is 0.322 e. The number of carbonyl (C=O) groups excluding carboxylic acids is 2. The quantitative estimate of drug-likeness (QED) is 0.726. The third-order valence-electron chi connectivity index (χ3n) is 5.59. The van der Waals surface area contributed by atoms with E-state index in [4.69, 9.17) is 0 Å². The number of benzene rings is 2. The van der Waals surface area contributed by atoms with Crippen LogP contribution in [-0.4, -0.2) is 46.5 Å². The van der Waals surface area contributed by atoms with E-state index in [1.807, 2.05) is 24.0 Å². The van der Waals surface area contributed by atoms with E-state index in [2.05, 4.69) is 12.2 Å². The first-order valence-corrected chi connectivity index (χ1v) is 10.7. The molecule has 30 heavy (non-hydrogen) atoms. The summed E-state index contributed by atoms with van der Waals surface area (Å²) in [5.41, 5.74) is 1.99. The second kappa shape index (κ2) is 10.1. The fourth-order valence-corrected chi connectivity index (χ4v) is 3.67. The van der Waals surface area contributed by atoms with E-state index in [0.717, 1.165) is 32.4 Å². The third kappa shape index (κ3) is 5.53. The van der Waals surface area contributed by atoms with Crippen LogP contribution in [0.5, 0.6) is 5.75 Å². The number of hydrogen-bond acceptors (Lipinski definition) is 3. The normalized spacial score (nSPS) is 14.4. The lowest BCUT2D eigenvalue weighted by atomic mass is 9.98. The Morgan fingerprint density at radius 3 is 2.40 bits per heavy atom. The molecule has 0 aliphatic carbocycles. The van der Waals surface area contributed by atoms with Gasteiger partial charge in [0.05, 0.1) is 6.54 Å². The Morgan fingerprint density at radius 1 is 1.10 bits per heavy atom. The topological polar surface area (TPSA) is 72.9 Å². The number of anilines is 1. The van der Waals surface area contributed by atoms with Crippen LogP contribution in [0, 0.1) is 5.92 Å². The molecule has 2 aromatic carbocycles. The second-order valence-corrected chi connectivity index (χ2v) is 8.03. The van der Waals surface area contributed by atoms with Crippen molar-refractivity contribution in [3.8, 4) is 5.75 Å². The lowest BCUT2D eigenvalue weighted by Crippen LogP contribution is -2.37. The van der Waals surface area contributed by atoms with E-state index >= 15 is 0 Å². The van der Waals surface area contributed by atoms with Crippen molar-refractivity contribution in [2.45, 2.75) is 39.7 Å². The zero-order valence-electron chi connectivity index (χ0n) is 17.8. The van der Waals surface area contributed by atoms with Crippen molar-refractivity contribution < 1.29 is 14.7 Å². The number of likely N-dealkylation sites (tertiary alicyclic amines) is 1. The third-order valence-corrected chi connectivity index (χ3v) is 5.59. The summed E-state index contributed by atoms with van der Waals surface area (Å²) < 4.78 is 0. The van der Waals surface area contributed by atoms with Crippen LogP contribution in [0.2, 0.25) is 0 Å². The highest BCUT2D eigenvalue weighted by Crippen LogP contribution is 2.21. The molecule has 3 amide bonds. The van der Waals surface area contributed by atoms with Crippen LogP contribution >= 0.6 is 0 Å². The summed E-state index contributed by atoms with van der Waals surface area (Å²) in [5.74, 6) is 0.906. The minimum Gasteiger partial charge on any atom is -0.508 e. The van der Waals surface area contributed by atoms with Crippen LogP contribution in [0.1, 0.15) is 49.0 Å². The van der Waals surface area contributed by atoms with Crippen molar-refractivity contribution in [1.29, 1.82) is 0 Å². The van der Waals surface area contributed by atoms with Gasteiger partial charge < -0.3 is 20.2 Å². The lowest BCUT2D eigenvalue weighted by Gasteiger charge is -2.30. The molecule has 1 aliphatic heterocycles. The van der Waals surface area contributed by atoms with E-state index < -0.39 is 0 Å². The average molecular weight is 410 g/mol. The van der Waals surface area contributed by atoms with Crippen LogP contribution in [-0.2, 0) is 6.54 Å². The molecule has 1 heterocycles. The van der Waals surface area contributed by atoms with Crippen molar-refractivity contribution in [2.24, 2.45) is 5.92 Å². The lowest BCUT2D eigenvalue weighted by molar-refractivity contribution is 0.0697. The van der Waals surface area contributed by atoms with Gasteiger partial charge in [0, 0.05) is 36.4 Å². The molecule has 0 radical (unpaired) electrons. The molecule has 2 N–H and O–H groups in total. The predicted octanol–water partition coefficient (Wildman–Crippen LogP) is 4.71. The number of nitrogens with one attached hydrogen (secondary N) is 1. The number of amides is 3. The zero-order valence-corrected chi connectivity index (χ0v) is 17.8. The number of para-hydroxylation sites is 1. The van der Waals surface area contributed by atoms with Crippen LogP contribution in [0.25, 0.3) is 0 Å². The molecule has 1 fully saturated rings. The SMILES string of the molecule is CCCN(Cc1ccccc1O)C(=O)Nc1ccc(C(=O)N2CCC(C)CC2)cc1. The molecule has 160 valence electrons. The summed E-state index contributed by atoms with van der Waals surface area (Å²) in [7, 11) is 0. The Morgan fingerprint density at radius 2 is 1.77 bits per heavy atom. The number of hydrogen-bond donors (Lipinski definition) is 2. The van der Waals surface area contributed by atoms with Gasteiger partial charge >= 0.3 is 6.03 Å². The molecular weight excluding hydrogens is 378 g/mol. The molecule has 0 atom stereocenters. The van der Waals surface area contributed by atoms with Gasteiger partial charge in [0.25, 0.3) is 5.91 Å². The molecule has 2 aromatic rings. The summed E-state index contributed by atoms with van der Waals surface area (Å²) >= 11 is 0. The number of aromatic hydroxyl groups is 1. The molecule has 1 aliphatic rings. The van der Waals surface area contributed by atoms with Crippen LogP contribution in [0.15, 0.2) is 48.5 Å². The summed E-state index contributed by atoms with van der Waals surface area (Å²) in [6, 6.07) is 13.9. The van der Waals surface area contributed by atoms with E-state index in [1.54, 1.807) is 41.3 Å². The van der Waals surface area contributed by atoms with Gasteiger partial charge in [-0.15, -0.1) is 0 Å². The summed E-state index contributed by atoms with van der Waals surface area (Å²) in [4.78, 5) is 29.0. The second-order valence-electron chi connectivity index (χ2n) is 8.03. The minimum absolute atomic E-state index is 0.0481. The van der Waals surface area contributed by atoms with Gasteiger partial charge in [0.15, 0.2) is 0 Å². The smallest absolute Gasteiger partial charge is 0.322 e. The summed E-state index contributed by atoms with van der Waals surface area (Å²) in [5, 5.41) is 12.9. The van der Waals surface area contributed by atoms with E-state index in [0.29, 0.717) is 35.8 Å². The van der Waals surface area contributed by atoms with Gasteiger partial charge in [0.1, 0.15) is 5.75 Å². The van der Waals surface area contributed by atoms with Crippen LogP contribution < -0.4 is 5.32 Å². The highest BCUT2D eigenvalue weighted by Gasteiger charge is 2.21. The monoisotopic (exact) mass is 409 g/mol. The Kier molecular flexibility index (Phi) is 7.33. The van der Waals surface area contributed by atoms with Crippen molar-refractivity contribution in [3.63, 3.8) is 0 Å². The Balaban J connectivity index is 1.62. The number of phenols is 1. The molecule has 1 saturated heterocycles. The number of phenolic OH excluding ortho intramolecular Hbond substituents is 1.